The Labute approximate surface area is 96.7 Å². The molecule has 1 aromatic rings. The third-order valence-corrected chi connectivity index (χ3v) is 2.80. The molecule has 0 aliphatic carbocycles. The second-order valence-electron chi connectivity index (χ2n) is 4.29. The van der Waals surface area contributed by atoms with Crippen molar-refractivity contribution in [1.29, 1.82) is 0 Å². The Kier molecular flexibility index (Phi) is 4.07. The van der Waals surface area contributed by atoms with Gasteiger partial charge in [-0.3, -0.25) is 4.79 Å². The Balaban J connectivity index is 2.93. The van der Waals surface area contributed by atoms with E-state index in [-0.39, 0.29) is 5.91 Å². The van der Waals surface area contributed by atoms with Gasteiger partial charge in [-0.25, -0.2) is 0 Å². The van der Waals surface area contributed by atoms with E-state index in [9.17, 15) is 4.79 Å². The summed E-state index contributed by atoms with van der Waals surface area (Å²) in [6.07, 6.45) is 0. The fraction of sp³-hybridized carbons (Fsp3) is 0.462. The first-order valence-electron chi connectivity index (χ1n) is 5.37. The molecule has 0 atom stereocenters. The second kappa shape index (κ2) is 5.12. The molecular formula is C13H19NO2. The van der Waals surface area contributed by atoms with Crippen LogP contribution in [0.25, 0.3) is 0 Å². The van der Waals surface area contributed by atoms with Gasteiger partial charge in [-0.05, 0) is 37.5 Å². The van der Waals surface area contributed by atoms with Crippen molar-refractivity contribution in [3.8, 4) is 0 Å². The minimum absolute atomic E-state index is 0.251. The van der Waals surface area contributed by atoms with Crippen LogP contribution in [-0.4, -0.2) is 29.6 Å². The molecule has 3 heteroatoms. The molecule has 0 aliphatic heterocycles. The summed E-state index contributed by atoms with van der Waals surface area (Å²) in [6, 6.07) is 4.22. The number of likely N-dealkylation sites (N-methyl/N-ethyl adjacent to an activating group) is 1. The lowest BCUT2D eigenvalue weighted by atomic mass is 9.99. The summed E-state index contributed by atoms with van der Waals surface area (Å²) in [6.45, 7) is 6.28. The Morgan fingerprint density at radius 2 is 1.75 bits per heavy atom. The molecule has 88 valence electrons. The van der Waals surface area contributed by atoms with Crippen molar-refractivity contribution in [1.82, 2.24) is 4.90 Å². The van der Waals surface area contributed by atoms with Gasteiger partial charge in [0.15, 0.2) is 0 Å². The lowest BCUT2D eigenvalue weighted by Crippen LogP contribution is -2.29. The number of hydrogen-bond donors (Lipinski definition) is 1. The second-order valence-corrected chi connectivity index (χ2v) is 4.29. The molecule has 1 N–H and O–H groups in total. The maximum absolute atomic E-state index is 11.3. The first-order chi connectivity index (χ1) is 7.45. The van der Waals surface area contributed by atoms with Crippen molar-refractivity contribution in [3.05, 3.63) is 34.4 Å². The average molecular weight is 221 g/mol. The Bertz CT molecular complexity index is 376. The standard InChI is InChI=1S/C13H19NO2/c1-9-5-10(2)12(11(3)6-9)7-14(4)13(16)8-15/h5-6,15H,7-8H2,1-4H3. The van der Waals surface area contributed by atoms with Crippen LogP contribution >= 0.6 is 0 Å². The van der Waals surface area contributed by atoms with E-state index in [1.54, 1.807) is 11.9 Å². The number of nitrogens with zero attached hydrogens (tertiary/aromatic N) is 1. The van der Waals surface area contributed by atoms with Crippen LogP contribution in [0, 0.1) is 20.8 Å². The zero-order valence-corrected chi connectivity index (χ0v) is 10.4. The van der Waals surface area contributed by atoms with Crippen LogP contribution in [0.15, 0.2) is 12.1 Å². The van der Waals surface area contributed by atoms with Gasteiger partial charge >= 0.3 is 0 Å². The van der Waals surface area contributed by atoms with E-state index in [0.717, 1.165) is 5.56 Å². The lowest BCUT2D eigenvalue weighted by molar-refractivity contribution is -0.133. The molecule has 0 radical (unpaired) electrons. The van der Waals surface area contributed by atoms with E-state index in [4.69, 9.17) is 5.11 Å². The van der Waals surface area contributed by atoms with Crippen molar-refractivity contribution in [3.63, 3.8) is 0 Å². The Hall–Kier alpha value is -1.35. The molecule has 0 bridgehead atoms. The van der Waals surface area contributed by atoms with E-state index in [0.29, 0.717) is 6.54 Å². The highest BCUT2D eigenvalue weighted by Gasteiger charge is 2.11. The molecule has 3 nitrogen and oxygen atoms in total. The van der Waals surface area contributed by atoms with Gasteiger partial charge in [0.1, 0.15) is 6.61 Å². The predicted octanol–water partition coefficient (Wildman–Crippen LogP) is 1.56. The fourth-order valence-corrected chi connectivity index (χ4v) is 1.91. The van der Waals surface area contributed by atoms with Crippen molar-refractivity contribution in [2.24, 2.45) is 0 Å². The summed E-state index contributed by atoms with van der Waals surface area (Å²) in [5.41, 5.74) is 4.77. The fourth-order valence-electron chi connectivity index (χ4n) is 1.91. The summed E-state index contributed by atoms with van der Waals surface area (Å²) in [7, 11) is 1.71. The normalized spacial score (nSPS) is 10.3. The monoisotopic (exact) mass is 221 g/mol. The van der Waals surface area contributed by atoms with E-state index in [2.05, 4.69) is 19.1 Å². The highest BCUT2D eigenvalue weighted by Crippen LogP contribution is 2.17. The third kappa shape index (κ3) is 2.83. The van der Waals surface area contributed by atoms with Crippen LogP contribution in [0.2, 0.25) is 0 Å². The van der Waals surface area contributed by atoms with Crippen molar-refractivity contribution < 1.29 is 9.90 Å². The van der Waals surface area contributed by atoms with Gasteiger partial charge in [-0.15, -0.1) is 0 Å². The van der Waals surface area contributed by atoms with Gasteiger partial charge in [-0.1, -0.05) is 17.7 Å². The van der Waals surface area contributed by atoms with Crippen molar-refractivity contribution in [2.45, 2.75) is 27.3 Å². The minimum atomic E-state index is -0.430. The maximum atomic E-state index is 11.3. The molecule has 0 fully saturated rings. The first kappa shape index (κ1) is 12.7. The Morgan fingerprint density at radius 1 is 1.25 bits per heavy atom. The van der Waals surface area contributed by atoms with Gasteiger partial charge in [0, 0.05) is 13.6 Å². The number of carbonyl (C=O) groups excluding carboxylic acids is 1. The minimum Gasteiger partial charge on any atom is -0.387 e. The summed E-state index contributed by atoms with van der Waals surface area (Å²) in [5, 5.41) is 8.77. The SMILES string of the molecule is Cc1cc(C)c(CN(C)C(=O)CO)c(C)c1. The average Bonchev–Trinajstić information content (AvgIpc) is 2.21. The molecule has 1 rings (SSSR count). The predicted molar refractivity (Wildman–Crippen MR) is 64.2 cm³/mol. The number of amides is 1. The van der Waals surface area contributed by atoms with Gasteiger partial charge < -0.3 is 10.0 Å². The lowest BCUT2D eigenvalue weighted by Gasteiger charge is -2.19. The molecule has 0 aliphatic rings. The zero-order valence-electron chi connectivity index (χ0n) is 10.4. The number of hydrogen-bond acceptors (Lipinski definition) is 2. The third-order valence-electron chi connectivity index (χ3n) is 2.80. The molecule has 0 heterocycles. The number of carbonyl (C=O) groups is 1. The van der Waals surface area contributed by atoms with E-state index in [1.165, 1.54) is 16.7 Å². The smallest absolute Gasteiger partial charge is 0.248 e. The molecule has 0 unspecified atom stereocenters. The molecule has 0 saturated heterocycles. The summed E-state index contributed by atoms with van der Waals surface area (Å²) < 4.78 is 0. The summed E-state index contributed by atoms with van der Waals surface area (Å²) >= 11 is 0. The number of aliphatic hydroxyl groups is 1. The van der Waals surface area contributed by atoms with Crippen LogP contribution in [0.4, 0.5) is 0 Å². The number of aliphatic hydroxyl groups excluding tert-OH is 1. The molecule has 1 aromatic carbocycles. The summed E-state index contributed by atoms with van der Waals surface area (Å²) in [4.78, 5) is 12.8. The highest BCUT2D eigenvalue weighted by molar-refractivity contribution is 5.76. The molecule has 0 saturated carbocycles. The molecular weight excluding hydrogens is 202 g/mol. The number of aryl methyl sites for hydroxylation is 3. The first-order valence-corrected chi connectivity index (χ1v) is 5.37. The molecule has 16 heavy (non-hydrogen) atoms. The zero-order chi connectivity index (χ0) is 12.3. The number of benzene rings is 1. The van der Waals surface area contributed by atoms with Gasteiger partial charge in [0.2, 0.25) is 5.91 Å². The van der Waals surface area contributed by atoms with Gasteiger partial charge in [0.25, 0.3) is 0 Å². The van der Waals surface area contributed by atoms with E-state index >= 15 is 0 Å². The molecule has 0 spiro atoms. The van der Waals surface area contributed by atoms with Crippen molar-refractivity contribution in [2.75, 3.05) is 13.7 Å². The van der Waals surface area contributed by atoms with Crippen LogP contribution in [0.3, 0.4) is 0 Å². The van der Waals surface area contributed by atoms with Crippen LogP contribution in [-0.2, 0) is 11.3 Å². The van der Waals surface area contributed by atoms with Gasteiger partial charge in [0.05, 0.1) is 0 Å². The van der Waals surface area contributed by atoms with E-state index < -0.39 is 6.61 Å². The largest absolute Gasteiger partial charge is 0.387 e. The number of rotatable bonds is 3. The summed E-state index contributed by atoms with van der Waals surface area (Å²) in [5.74, 6) is -0.251. The van der Waals surface area contributed by atoms with Crippen LogP contribution in [0.1, 0.15) is 22.3 Å². The topological polar surface area (TPSA) is 40.5 Å². The van der Waals surface area contributed by atoms with Crippen LogP contribution in [0.5, 0.6) is 0 Å². The highest BCUT2D eigenvalue weighted by atomic mass is 16.3. The van der Waals surface area contributed by atoms with Crippen molar-refractivity contribution >= 4 is 5.91 Å². The Morgan fingerprint density at radius 3 is 2.19 bits per heavy atom. The molecule has 1 amide bonds. The maximum Gasteiger partial charge on any atom is 0.248 e. The quantitative estimate of drug-likeness (QED) is 0.841. The van der Waals surface area contributed by atoms with Crippen LogP contribution < -0.4 is 0 Å². The van der Waals surface area contributed by atoms with E-state index in [1.807, 2.05) is 13.8 Å². The van der Waals surface area contributed by atoms with Gasteiger partial charge in [-0.2, -0.15) is 0 Å². The molecule has 0 aromatic heterocycles.